The lowest BCUT2D eigenvalue weighted by molar-refractivity contribution is -0.128. The van der Waals surface area contributed by atoms with Crippen molar-refractivity contribution >= 4 is 46.8 Å². The van der Waals surface area contributed by atoms with Crippen LogP contribution in [0.4, 0.5) is 0 Å². The number of halogens is 1. The molecule has 126 valence electrons. The van der Waals surface area contributed by atoms with Crippen molar-refractivity contribution in [2.75, 3.05) is 13.2 Å². The number of amides is 2. The molecule has 8 heteroatoms. The lowest BCUT2D eigenvalue weighted by Gasteiger charge is -2.27. The molecule has 0 aromatic heterocycles. The van der Waals surface area contributed by atoms with Crippen LogP contribution in [0.15, 0.2) is 30.4 Å². The average molecular weight is 367 g/mol. The predicted molar refractivity (Wildman–Crippen MR) is 94.9 cm³/mol. The second-order valence-corrected chi connectivity index (χ2v) is 5.60. The van der Waals surface area contributed by atoms with Crippen LogP contribution in [0, 0.1) is 0 Å². The topological polar surface area (TPSA) is 78.9 Å². The first-order chi connectivity index (χ1) is 11.4. The van der Waals surface area contributed by atoms with Gasteiger partial charge in [-0.3, -0.25) is 19.8 Å². The first-order valence-electron chi connectivity index (χ1n) is 7.04. The van der Waals surface area contributed by atoms with E-state index in [1.54, 1.807) is 6.92 Å². The summed E-state index contributed by atoms with van der Waals surface area (Å²) in [5, 5.41) is 12.4. The molecule has 1 fully saturated rings. The lowest BCUT2D eigenvalue weighted by Crippen LogP contribution is -2.53. The van der Waals surface area contributed by atoms with Gasteiger partial charge in [0.25, 0.3) is 11.8 Å². The summed E-state index contributed by atoms with van der Waals surface area (Å²) in [5.41, 5.74) is 0.334. The van der Waals surface area contributed by atoms with Gasteiger partial charge in [0.2, 0.25) is 0 Å². The molecule has 2 rings (SSSR count). The highest BCUT2D eigenvalue weighted by molar-refractivity contribution is 7.80. The molecule has 1 heterocycles. The summed E-state index contributed by atoms with van der Waals surface area (Å²) < 4.78 is 5.28. The van der Waals surface area contributed by atoms with E-state index in [1.807, 2.05) is 0 Å². The van der Waals surface area contributed by atoms with Crippen LogP contribution in [0.2, 0.25) is 5.02 Å². The number of aromatic hydroxyl groups is 1. The number of hydrogen-bond donors (Lipinski definition) is 2. The van der Waals surface area contributed by atoms with Crippen molar-refractivity contribution in [3.05, 3.63) is 40.9 Å². The molecular formula is C16H15ClN2O4S. The van der Waals surface area contributed by atoms with Crippen molar-refractivity contribution in [1.29, 1.82) is 0 Å². The number of benzene rings is 1. The fraction of sp³-hybridized carbons (Fsp3) is 0.188. The number of carbonyl (C=O) groups is 2. The van der Waals surface area contributed by atoms with Crippen LogP contribution in [0.1, 0.15) is 12.5 Å². The maximum atomic E-state index is 12.5. The highest BCUT2D eigenvalue weighted by Gasteiger charge is 2.32. The van der Waals surface area contributed by atoms with E-state index in [2.05, 4.69) is 11.9 Å². The zero-order chi connectivity index (χ0) is 17.9. The second kappa shape index (κ2) is 7.46. The largest absolute Gasteiger partial charge is 0.503 e. The van der Waals surface area contributed by atoms with Crippen LogP contribution in [-0.2, 0) is 9.59 Å². The van der Waals surface area contributed by atoms with Crippen LogP contribution >= 0.6 is 23.8 Å². The third-order valence-electron chi connectivity index (χ3n) is 3.16. The molecule has 2 N–H and O–H groups in total. The van der Waals surface area contributed by atoms with Gasteiger partial charge in [0.05, 0.1) is 11.6 Å². The van der Waals surface area contributed by atoms with Crippen LogP contribution in [0.3, 0.4) is 0 Å². The van der Waals surface area contributed by atoms with Gasteiger partial charge in [-0.25, -0.2) is 0 Å². The highest BCUT2D eigenvalue weighted by atomic mass is 35.5. The fourth-order valence-corrected chi connectivity index (χ4v) is 2.57. The first kappa shape index (κ1) is 18.0. The van der Waals surface area contributed by atoms with Gasteiger partial charge in [0, 0.05) is 6.54 Å². The second-order valence-electron chi connectivity index (χ2n) is 4.80. The number of nitrogens with zero attached hydrogens (tertiary/aromatic N) is 1. The Hall–Kier alpha value is -2.38. The minimum atomic E-state index is -0.604. The van der Waals surface area contributed by atoms with E-state index >= 15 is 0 Å². The Balaban J connectivity index is 2.45. The number of phenols is 1. The van der Waals surface area contributed by atoms with Gasteiger partial charge in [0.1, 0.15) is 5.57 Å². The van der Waals surface area contributed by atoms with Gasteiger partial charge in [-0.05, 0) is 42.9 Å². The molecule has 0 atom stereocenters. The smallest absolute Gasteiger partial charge is 0.265 e. The number of carbonyl (C=O) groups excluding carboxylic acids is 2. The Morgan fingerprint density at radius 2 is 2.17 bits per heavy atom. The summed E-state index contributed by atoms with van der Waals surface area (Å²) >= 11 is 10.9. The third kappa shape index (κ3) is 3.58. The van der Waals surface area contributed by atoms with Crippen molar-refractivity contribution in [2.24, 2.45) is 0 Å². The Bertz CT molecular complexity index is 761. The molecule has 0 aliphatic carbocycles. The zero-order valence-electron chi connectivity index (χ0n) is 12.8. The van der Waals surface area contributed by atoms with E-state index < -0.39 is 11.8 Å². The maximum absolute atomic E-state index is 12.5. The van der Waals surface area contributed by atoms with E-state index in [0.717, 1.165) is 0 Å². The van der Waals surface area contributed by atoms with Gasteiger partial charge in [-0.15, -0.1) is 6.58 Å². The van der Waals surface area contributed by atoms with E-state index in [1.165, 1.54) is 29.2 Å². The van der Waals surface area contributed by atoms with Crippen molar-refractivity contribution < 1.29 is 19.4 Å². The fourth-order valence-electron chi connectivity index (χ4n) is 2.10. The molecule has 24 heavy (non-hydrogen) atoms. The predicted octanol–water partition coefficient (Wildman–Crippen LogP) is 2.26. The summed E-state index contributed by atoms with van der Waals surface area (Å²) in [5.74, 6) is -1.17. The van der Waals surface area contributed by atoms with Gasteiger partial charge in [-0.2, -0.15) is 0 Å². The number of thiocarbonyl (C=S) groups is 1. The quantitative estimate of drug-likeness (QED) is 0.361. The molecule has 1 aromatic carbocycles. The van der Waals surface area contributed by atoms with Crippen molar-refractivity contribution in [3.63, 3.8) is 0 Å². The first-order valence-corrected chi connectivity index (χ1v) is 7.82. The molecule has 1 aliphatic heterocycles. The number of phenolic OH excluding ortho intramolecular Hbond substituents is 1. The van der Waals surface area contributed by atoms with Crippen LogP contribution < -0.4 is 10.1 Å². The normalized spacial score (nSPS) is 16.3. The molecule has 0 unspecified atom stereocenters. The minimum Gasteiger partial charge on any atom is -0.503 e. The van der Waals surface area contributed by atoms with Gasteiger partial charge in [0.15, 0.2) is 16.6 Å². The van der Waals surface area contributed by atoms with E-state index in [-0.39, 0.29) is 33.8 Å². The van der Waals surface area contributed by atoms with Gasteiger partial charge < -0.3 is 9.84 Å². The SMILES string of the molecule is C=CCN1C(=O)/C(=C/c2cc(Cl)c(O)c(OCC)c2)C(=O)NC1=S. The zero-order valence-corrected chi connectivity index (χ0v) is 14.4. The van der Waals surface area contributed by atoms with Gasteiger partial charge in [-0.1, -0.05) is 17.7 Å². The third-order valence-corrected chi connectivity index (χ3v) is 3.77. The van der Waals surface area contributed by atoms with Crippen molar-refractivity contribution in [3.8, 4) is 11.5 Å². The average Bonchev–Trinajstić information content (AvgIpc) is 2.53. The standard InChI is InChI=1S/C16H15ClN2O4S/c1-3-5-19-15(22)10(14(21)18-16(19)24)6-9-7-11(17)13(20)12(8-9)23-4-2/h3,6-8,20H,1,4-5H2,2H3,(H,18,21,24)/b10-6+. The van der Waals surface area contributed by atoms with E-state index in [0.29, 0.717) is 12.2 Å². The molecular weight excluding hydrogens is 352 g/mol. The molecule has 0 radical (unpaired) electrons. The van der Waals surface area contributed by atoms with Crippen molar-refractivity contribution in [1.82, 2.24) is 10.2 Å². The Morgan fingerprint density at radius 3 is 2.79 bits per heavy atom. The number of rotatable bonds is 5. The number of nitrogens with one attached hydrogen (secondary N) is 1. The monoisotopic (exact) mass is 366 g/mol. The minimum absolute atomic E-state index is 0.0285. The van der Waals surface area contributed by atoms with Crippen LogP contribution in [0.5, 0.6) is 11.5 Å². The van der Waals surface area contributed by atoms with Crippen LogP contribution in [0.25, 0.3) is 6.08 Å². The van der Waals surface area contributed by atoms with Crippen LogP contribution in [-0.4, -0.2) is 40.1 Å². The molecule has 0 saturated carbocycles. The molecule has 1 aliphatic rings. The molecule has 1 saturated heterocycles. The number of hydrogen-bond acceptors (Lipinski definition) is 5. The summed E-state index contributed by atoms with van der Waals surface area (Å²) in [6.45, 7) is 5.81. The van der Waals surface area contributed by atoms with E-state index in [4.69, 9.17) is 28.6 Å². The highest BCUT2D eigenvalue weighted by Crippen LogP contribution is 2.36. The Morgan fingerprint density at radius 1 is 1.46 bits per heavy atom. The molecule has 2 amide bonds. The summed E-state index contributed by atoms with van der Waals surface area (Å²) in [4.78, 5) is 25.8. The summed E-state index contributed by atoms with van der Waals surface area (Å²) in [6, 6.07) is 2.92. The van der Waals surface area contributed by atoms with Gasteiger partial charge >= 0.3 is 0 Å². The van der Waals surface area contributed by atoms with Crippen molar-refractivity contribution in [2.45, 2.75) is 6.92 Å². The Labute approximate surface area is 149 Å². The Kier molecular flexibility index (Phi) is 5.58. The lowest BCUT2D eigenvalue weighted by atomic mass is 10.1. The molecule has 0 spiro atoms. The molecule has 1 aromatic rings. The molecule has 6 nitrogen and oxygen atoms in total. The summed E-state index contributed by atoms with van der Waals surface area (Å²) in [7, 11) is 0. The number of ether oxygens (including phenoxy) is 1. The summed E-state index contributed by atoms with van der Waals surface area (Å²) in [6.07, 6.45) is 2.87. The van der Waals surface area contributed by atoms with E-state index in [9.17, 15) is 14.7 Å². The maximum Gasteiger partial charge on any atom is 0.265 e. The molecule has 0 bridgehead atoms.